The number of carbonyl (C=O) groups is 2. The van der Waals surface area contributed by atoms with E-state index in [-0.39, 0.29) is 5.92 Å². The minimum absolute atomic E-state index is 0.274. The topological polar surface area (TPSA) is 74.6 Å². The van der Waals surface area contributed by atoms with Gasteiger partial charge in [-0.2, -0.15) is 0 Å². The molecule has 1 saturated carbocycles. The van der Waals surface area contributed by atoms with Crippen LogP contribution in [0.4, 0.5) is 0 Å². The van der Waals surface area contributed by atoms with Gasteiger partial charge in [0.15, 0.2) is 0 Å². The fraction of sp³-hybridized carbons (Fsp3) is 0.429. The number of hydrogen-bond donors (Lipinski definition) is 2. The third-order valence-electron chi connectivity index (χ3n) is 4.62. The van der Waals surface area contributed by atoms with Gasteiger partial charge in [-0.05, 0) is 36.5 Å². The summed E-state index contributed by atoms with van der Waals surface area (Å²) < 4.78 is 0. The molecule has 19 heavy (non-hydrogen) atoms. The Morgan fingerprint density at radius 3 is 2.68 bits per heavy atom. The van der Waals surface area contributed by atoms with Crippen LogP contribution in [0.3, 0.4) is 0 Å². The minimum Gasteiger partial charge on any atom is -0.481 e. The van der Waals surface area contributed by atoms with Crippen molar-refractivity contribution in [3.05, 3.63) is 34.3 Å². The summed E-state index contributed by atoms with van der Waals surface area (Å²) in [5.41, 5.74) is 0.672. The number of hydrogen-bond acceptors (Lipinski definition) is 2. The molecule has 2 aliphatic rings. The Morgan fingerprint density at radius 1 is 1.32 bits per heavy atom. The van der Waals surface area contributed by atoms with E-state index >= 15 is 0 Å². The number of carboxylic acids is 2. The quantitative estimate of drug-likeness (QED) is 0.873. The lowest BCUT2D eigenvalue weighted by molar-refractivity contribution is -0.153. The van der Waals surface area contributed by atoms with E-state index in [4.69, 9.17) is 16.7 Å². The maximum atomic E-state index is 11.7. The zero-order chi connectivity index (χ0) is 13.8. The number of rotatable bonds is 2. The molecule has 1 fully saturated rings. The SMILES string of the molecule is O=C(O)C1CCC2(C(=O)O)c3cccc(Cl)c3C2C1. The smallest absolute Gasteiger partial charge is 0.314 e. The second-order valence-corrected chi connectivity index (χ2v) is 5.75. The van der Waals surface area contributed by atoms with Crippen molar-refractivity contribution in [1.29, 1.82) is 0 Å². The van der Waals surface area contributed by atoms with Crippen LogP contribution in [0.2, 0.25) is 5.02 Å². The molecule has 0 aromatic heterocycles. The highest BCUT2D eigenvalue weighted by Crippen LogP contribution is 2.62. The summed E-state index contributed by atoms with van der Waals surface area (Å²) in [7, 11) is 0. The first-order valence-electron chi connectivity index (χ1n) is 6.23. The van der Waals surface area contributed by atoms with Crippen molar-refractivity contribution in [2.45, 2.75) is 30.6 Å². The molecule has 0 saturated heterocycles. The molecule has 0 spiro atoms. The average molecular weight is 281 g/mol. The van der Waals surface area contributed by atoms with Gasteiger partial charge in [-0.1, -0.05) is 23.7 Å². The molecule has 3 atom stereocenters. The van der Waals surface area contributed by atoms with Crippen LogP contribution >= 0.6 is 11.6 Å². The molecule has 3 unspecified atom stereocenters. The molecule has 100 valence electrons. The van der Waals surface area contributed by atoms with Crippen molar-refractivity contribution in [3.63, 3.8) is 0 Å². The second kappa shape index (κ2) is 3.97. The van der Waals surface area contributed by atoms with Gasteiger partial charge in [0.2, 0.25) is 0 Å². The van der Waals surface area contributed by atoms with Gasteiger partial charge in [0, 0.05) is 10.9 Å². The first kappa shape index (κ1) is 12.5. The molecule has 0 heterocycles. The highest BCUT2D eigenvalue weighted by Gasteiger charge is 2.60. The minimum atomic E-state index is -0.924. The van der Waals surface area contributed by atoms with Gasteiger partial charge in [0.25, 0.3) is 0 Å². The third-order valence-corrected chi connectivity index (χ3v) is 4.94. The first-order chi connectivity index (χ1) is 8.98. The zero-order valence-electron chi connectivity index (χ0n) is 10.1. The van der Waals surface area contributed by atoms with Gasteiger partial charge in [-0.3, -0.25) is 9.59 Å². The summed E-state index contributed by atoms with van der Waals surface area (Å²) in [5.74, 6) is -2.46. The number of benzene rings is 1. The Hall–Kier alpha value is -1.55. The summed E-state index contributed by atoms with van der Waals surface area (Å²) in [6.45, 7) is 0. The van der Waals surface area contributed by atoms with Gasteiger partial charge in [-0.15, -0.1) is 0 Å². The van der Waals surface area contributed by atoms with Crippen LogP contribution in [-0.4, -0.2) is 22.2 Å². The van der Waals surface area contributed by atoms with Crippen LogP contribution in [0.5, 0.6) is 0 Å². The average Bonchev–Trinajstić information content (AvgIpc) is 2.34. The monoisotopic (exact) mass is 280 g/mol. The van der Waals surface area contributed by atoms with Crippen molar-refractivity contribution >= 4 is 23.5 Å². The lowest BCUT2D eigenvalue weighted by Gasteiger charge is -2.52. The summed E-state index contributed by atoms with van der Waals surface area (Å²) in [5, 5.41) is 19.3. The Kier molecular flexibility index (Phi) is 2.61. The van der Waals surface area contributed by atoms with E-state index in [2.05, 4.69) is 0 Å². The van der Waals surface area contributed by atoms with Crippen LogP contribution in [0.1, 0.15) is 36.3 Å². The molecule has 0 radical (unpaired) electrons. The van der Waals surface area contributed by atoms with Crippen LogP contribution < -0.4 is 0 Å². The maximum Gasteiger partial charge on any atom is 0.314 e. The molecule has 0 bridgehead atoms. The van der Waals surface area contributed by atoms with Gasteiger partial charge < -0.3 is 10.2 Å². The molecule has 5 heteroatoms. The highest BCUT2D eigenvalue weighted by molar-refractivity contribution is 6.32. The van der Waals surface area contributed by atoms with E-state index in [0.29, 0.717) is 24.3 Å². The van der Waals surface area contributed by atoms with E-state index in [1.54, 1.807) is 18.2 Å². The molecule has 1 aromatic rings. The van der Waals surface area contributed by atoms with Crippen molar-refractivity contribution in [2.24, 2.45) is 5.92 Å². The number of fused-ring (bicyclic) bond motifs is 4. The van der Waals surface area contributed by atoms with Gasteiger partial charge in [-0.25, -0.2) is 0 Å². The summed E-state index contributed by atoms with van der Waals surface area (Å²) in [6, 6.07) is 5.29. The second-order valence-electron chi connectivity index (χ2n) is 5.34. The zero-order valence-corrected chi connectivity index (χ0v) is 10.9. The third kappa shape index (κ3) is 1.46. The lowest BCUT2D eigenvalue weighted by atomic mass is 9.49. The molecule has 0 aliphatic heterocycles. The molecule has 0 amide bonds. The van der Waals surface area contributed by atoms with Crippen molar-refractivity contribution in [1.82, 2.24) is 0 Å². The van der Waals surface area contributed by atoms with Crippen molar-refractivity contribution < 1.29 is 19.8 Å². The van der Waals surface area contributed by atoms with Gasteiger partial charge in [0.1, 0.15) is 0 Å². The molecular formula is C14H13ClO4. The van der Waals surface area contributed by atoms with E-state index in [9.17, 15) is 14.7 Å². The predicted molar refractivity (Wildman–Crippen MR) is 68.5 cm³/mol. The van der Waals surface area contributed by atoms with Crippen LogP contribution in [0.15, 0.2) is 18.2 Å². The normalized spacial score (nSPS) is 31.8. The fourth-order valence-electron chi connectivity index (χ4n) is 3.66. The Morgan fingerprint density at radius 2 is 2.05 bits per heavy atom. The fourth-order valence-corrected chi connectivity index (χ4v) is 3.97. The molecular weight excluding hydrogens is 268 g/mol. The molecule has 3 rings (SSSR count). The van der Waals surface area contributed by atoms with E-state index < -0.39 is 23.3 Å². The van der Waals surface area contributed by atoms with Gasteiger partial charge in [0.05, 0.1) is 11.3 Å². The van der Waals surface area contributed by atoms with Gasteiger partial charge >= 0.3 is 11.9 Å². The molecule has 2 aliphatic carbocycles. The van der Waals surface area contributed by atoms with Crippen LogP contribution in [-0.2, 0) is 15.0 Å². The number of halogens is 1. The molecule has 1 aromatic carbocycles. The Bertz CT molecular complexity index is 583. The highest BCUT2D eigenvalue weighted by atomic mass is 35.5. The largest absolute Gasteiger partial charge is 0.481 e. The lowest BCUT2D eigenvalue weighted by Crippen LogP contribution is -2.54. The summed E-state index contributed by atoms with van der Waals surface area (Å²) in [4.78, 5) is 22.8. The standard InChI is InChI=1S/C14H13ClO4/c15-10-3-1-2-8-11(10)9-6-7(12(16)17)4-5-14(8,9)13(18)19/h1-3,7,9H,4-6H2,(H,16,17)(H,18,19). The van der Waals surface area contributed by atoms with E-state index in [0.717, 1.165) is 11.1 Å². The van der Waals surface area contributed by atoms with Crippen molar-refractivity contribution in [2.75, 3.05) is 0 Å². The Balaban J connectivity index is 2.09. The van der Waals surface area contributed by atoms with Crippen LogP contribution in [0, 0.1) is 5.92 Å². The number of aliphatic carboxylic acids is 2. The predicted octanol–water partition coefficient (Wildman–Crippen LogP) is 2.64. The van der Waals surface area contributed by atoms with E-state index in [1.807, 2.05) is 0 Å². The molecule has 4 nitrogen and oxygen atoms in total. The Labute approximate surface area is 115 Å². The first-order valence-corrected chi connectivity index (χ1v) is 6.61. The summed E-state index contributed by atoms with van der Waals surface area (Å²) >= 11 is 6.14. The van der Waals surface area contributed by atoms with E-state index in [1.165, 1.54) is 0 Å². The van der Waals surface area contributed by atoms with Crippen LogP contribution in [0.25, 0.3) is 0 Å². The number of carboxylic acid groups (broad SMARTS) is 2. The molecule has 2 N–H and O–H groups in total. The van der Waals surface area contributed by atoms with Crippen molar-refractivity contribution in [3.8, 4) is 0 Å². The summed E-state index contributed by atoms with van der Waals surface area (Å²) in [6.07, 6.45) is 1.14. The maximum absolute atomic E-state index is 11.7.